The highest BCUT2D eigenvalue weighted by Gasteiger charge is 2.53. The molecule has 4 nitrogen and oxygen atoms in total. The molecule has 0 heterocycles. The van der Waals surface area contributed by atoms with Gasteiger partial charge >= 0.3 is 0 Å². The normalized spacial score (nSPS) is 19.4. The molecule has 0 aromatic heterocycles. The van der Waals surface area contributed by atoms with Gasteiger partial charge in [0.05, 0.1) is 0 Å². The van der Waals surface area contributed by atoms with Crippen LogP contribution in [0.25, 0.3) is 0 Å². The zero-order valence-electron chi connectivity index (χ0n) is 11.7. The Bertz CT molecular complexity index is 476. The third kappa shape index (κ3) is 3.12. The summed E-state index contributed by atoms with van der Waals surface area (Å²) in [7, 11) is 0. The van der Waals surface area contributed by atoms with Crippen molar-refractivity contribution in [2.75, 3.05) is 13.2 Å². The largest absolute Gasteiger partial charge is 0.484 e. The first-order valence-corrected chi connectivity index (χ1v) is 7.40. The van der Waals surface area contributed by atoms with Crippen molar-refractivity contribution in [3.8, 4) is 5.75 Å². The summed E-state index contributed by atoms with van der Waals surface area (Å²) >= 11 is 0. The molecule has 0 saturated heterocycles. The first-order chi connectivity index (χ1) is 9.72. The lowest BCUT2D eigenvalue weighted by Crippen LogP contribution is -2.34. The van der Waals surface area contributed by atoms with Crippen LogP contribution in [0, 0.1) is 11.3 Å². The highest BCUT2D eigenvalue weighted by molar-refractivity contribution is 5.77. The Morgan fingerprint density at radius 1 is 1.30 bits per heavy atom. The zero-order chi connectivity index (χ0) is 14.0. The zero-order valence-corrected chi connectivity index (χ0v) is 11.7. The second-order valence-corrected chi connectivity index (χ2v) is 6.05. The van der Waals surface area contributed by atoms with E-state index in [0.717, 1.165) is 18.0 Å². The van der Waals surface area contributed by atoms with Gasteiger partial charge in [-0.05, 0) is 54.7 Å². The lowest BCUT2D eigenvalue weighted by molar-refractivity contribution is -0.123. The Labute approximate surface area is 119 Å². The highest BCUT2D eigenvalue weighted by atomic mass is 16.5. The Morgan fingerprint density at radius 2 is 2.00 bits per heavy atom. The fourth-order valence-electron chi connectivity index (χ4n) is 2.78. The Kier molecular flexibility index (Phi) is 3.66. The second kappa shape index (κ2) is 5.44. The van der Waals surface area contributed by atoms with Crippen LogP contribution in [0.1, 0.15) is 31.2 Å². The molecule has 2 aliphatic rings. The Hall–Kier alpha value is -1.55. The predicted molar refractivity (Wildman–Crippen MR) is 77.2 cm³/mol. The van der Waals surface area contributed by atoms with Gasteiger partial charge in [0.1, 0.15) is 5.75 Å². The molecule has 2 saturated carbocycles. The fraction of sp³-hybridized carbons (Fsp3) is 0.562. The third-order valence-corrected chi connectivity index (χ3v) is 4.50. The number of carbonyl (C=O) groups excluding carboxylic acids is 1. The summed E-state index contributed by atoms with van der Waals surface area (Å²) in [5, 5.41) is 3.02. The van der Waals surface area contributed by atoms with Crippen LogP contribution < -0.4 is 15.8 Å². The summed E-state index contributed by atoms with van der Waals surface area (Å²) in [4.78, 5) is 11.8. The van der Waals surface area contributed by atoms with Crippen molar-refractivity contribution in [3.63, 3.8) is 0 Å². The maximum atomic E-state index is 11.8. The number of nitrogens with one attached hydrogen (secondary N) is 1. The van der Waals surface area contributed by atoms with Crippen LogP contribution in [0.5, 0.6) is 5.75 Å². The van der Waals surface area contributed by atoms with Gasteiger partial charge in [0, 0.05) is 13.1 Å². The lowest BCUT2D eigenvalue weighted by Gasteiger charge is -2.15. The van der Waals surface area contributed by atoms with Gasteiger partial charge in [0.2, 0.25) is 0 Å². The smallest absolute Gasteiger partial charge is 0.257 e. The van der Waals surface area contributed by atoms with Crippen LogP contribution in [0.4, 0.5) is 0 Å². The van der Waals surface area contributed by atoms with E-state index in [1.165, 1.54) is 25.7 Å². The average Bonchev–Trinajstić information content (AvgIpc) is 3.36. The van der Waals surface area contributed by atoms with E-state index < -0.39 is 0 Å². The van der Waals surface area contributed by atoms with Gasteiger partial charge in [-0.3, -0.25) is 4.79 Å². The van der Waals surface area contributed by atoms with Crippen LogP contribution in [0.15, 0.2) is 24.3 Å². The van der Waals surface area contributed by atoms with Gasteiger partial charge in [0.15, 0.2) is 6.61 Å². The molecule has 20 heavy (non-hydrogen) atoms. The van der Waals surface area contributed by atoms with Gasteiger partial charge in [-0.2, -0.15) is 0 Å². The van der Waals surface area contributed by atoms with Crippen molar-refractivity contribution >= 4 is 5.91 Å². The average molecular weight is 274 g/mol. The number of amides is 1. The standard InChI is InChI=1S/C16H22N2O2/c17-9-12-1-5-14(6-2-12)20-10-15(19)18-11-16(7-8-16)13-3-4-13/h1-2,5-6,13H,3-4,7-11,17H2,(H,18,19). The molecule has 4 heteroatoms. The number of hydrogen-bond acceptors (Lipinski definition) is 3. The van der Waals surface area contributed by atoms with Gasteiger partial charge < -0.3 is 15.8 Å². The SMILES string of the molecule is NCc1ccc(OCC(=O)NCC2(C3CC3)CC2)cc1. The van der Waals surface area contributed by atoms with E-state index in [4.69, 9.17) is 10.5 Å². The maximum absolute atomic E-state index is 11.8. The summed E-state index contributed by atoms with van der Waals surface area (Å²) in [6, 6.07) is 7.53. The van der Waals surface area contributed by atoms with Gasteiger partial charge in [-0.15, -0.1) is 0 Å². The molecule has 0 aliphatic heterocycles. The van der Waals surface area contributed by atoms with E-state index in [1.54, 1.807) is 0 Å². The Balaban J connectivity index is 1.40. The van der Waals surface area contributed by atoms with E-state index in [-0.39, 0.29) is 12.5 Å². The minimum Gasteiger partial charge on any atom is -0.484 e. The molecule has 1 aromatic rings. The number of carbonyl (C=O) groups is 1. The van der Waals surface area contributed by atoms with Crippen molar-refractivity contribution in [1.82, 2.24) is 5.32 Å². The summed E-state index contributed by atoms with van der Waals surface area (Å²) in [6.07, 6.45) is 5.25. The molecular weight excluding hydrogens is 252 g/mol. The number of hydrogen-bond donors (Lipinski definition) is 2. The van der Waals surface area contributed by atoms with E-state index in [9.17, 15) is 4.79 Å². The van der Waals surface area contributed by atoms with E-state index in [1.807, 2.05) is 24.3 Å². The first-order valence-electron chi connectivity index (χ1n) is 7.40. The molecule has 0 spiro atoms. The highest BCUT2D eigenvalue weighted by Crippen LogP contribution is 2.60. The third-order valence-electron chi connectivity index (χ3n) is 4.50. The van der Waals surface area contributed by atoms with Crippen LogP contribution >= 0.6 is 0 Å². The Morgan fingerprint density at radius 3 is 2.55 bits per heavy atom. The van der Waals surface area contributed by atoms with E-state index >= 15 is 0 Å². The molecule has 0 unspecified atom stereocenters. The van der Waals surface area contributed by atoms with Crippen LogP contribution in [0.2, 0.25) is 0 Å². The molecule has 2 aliphatic carbocycles. The lowest BCUT2D eigenvalue weighted by atomic mass is 10.0. The van der Waals surface area contributed by atoms with Gasteiger partial charge in [0.25, 0.3) is 5.91 Å². The summed E-state index contributed by atoms with van der Waals surface area (Å²) < 4.78 is 5.48. The molecule has 1 aromatic carbocycles. The summed E-state index contributed by atoms with van der Waals surface area (Å²) in [5.41, 5.74) is 7.03. The maximum Gasteiger partial charge on any atom is 0.257 e. The number of rotatable bonds is 7. The minimum absolute atomic E-state index is 0.0279. The number of nitrogens with two attached hydrogens (primary N) is 1. The van der Waals surface area contributed by atoms with Crippen LogP contribution in [-0.4, -0.2) is 19.1 Å². The first kappa shape index (κ1) is 13.4. The molecule has 3 N–H and O–H groups in total. The molecule has 0 radical (unpaired) electrons. The van der Waals surface area contributed by atoms with Crippen molar-refractivity contribution in [2.24, 2.45) is 17.1 Å². The molecule has 3 rings (SSSR count). The minimum atomic E-state index is -0.0279. The van der Waals surface area contributed by atoms with Crippen molar-refractivity contribution < 1.29 is 9.53 Å². The molecule has 2 fully saturated rings. The molecular formula is C16H22N2O2. The molecule has 108 valence electrons. The van der Waals surface area contributed by atoms with Crippen molar-refractivity contribution in [3.05, 3.63) is 29.8 Å². The van der Waals surface area contributed by atoms with Gasteiger partial charge in [-0.25, -0.2) is 0 Å². The predicted octanol–water partition coefficient (Wildman–Crippen LogP) is 1.83. The topological polar surface area (TPSA) is 64.3 Å². The molecule has 0 atom stereocenters. The monoisotopic (exact) mass is 274 g/mol. The van der Waals surface area contributed by atoms with E-state index in [0.29, 0.717) is 17.7 Å². The summed E-state index contributed by atoms with van der Waals surface area (Å²) in [6.45, 7) is 1.43. The van der Waals surface area contributed by atoms with Crippen LogP contribution in [-0.2, 0) is 11.3 Å². The second-order valence-electron chi connectivity index (χ2n) is 6.05. The molecule has 1 amide bonds. The van der Waals surface area contributed by atoms with Crippen molar-refractivity contribution in [2.45, 2.75) is 32.2 Å². The summed E-state index contributed by atoms with van der Waals surface area (Å²) in [5.74, 6) is 1.55. The molecule has 0 bridgehead atoms. The van der Waals surface area contributed by atoms with Crippen molar-refractivity contribution in [1.29, 1.82) is 0 Å². The number of ether oxygens (including phenoxy) is 1. The fourth-order valence-corrected chi connectivity index (χ4v) is 2.78. The van der Waals surface area contributed by atoms with Gasteiger partial charge in [-0.1, -0.05) is 12.1 Å². The van der Waals surface area contributed by atoms with E-state index in [2.05, 4.69) is 5.32 Å². The quantitative estimate of drug-likeness (QED) is 0.797. The van der Waals surface area contributed by atoms with Crippen LogP contribution in [0.3, 0.4) is 0 Å². The number of benzene rings is 1.